The third-order valence-corrected chi connectivity index (χ3v) is 1.58. The van der Waals surface area contributed by atoms with E-state index in [0.717, 1.165) is 6.08 Å². The molecule has 3 nitrogen and oxygen atoms in total. The first-order valence-electron chi connectivity index (χ1n) is 3.77. The Morgan fingerprint density at radius 3 is 2.64 bits per heavy atom. The first kappa shape index (κ1) is 10.5. The predicted molar refractivity (Wildman–Crippen MR) is 42.2 cm³/mol. The first-order valence-corrected chi connectivity index (χ1v) is 3.77. The number of hydrogen-bond acceptors (Lipinski definition) is 2. The van der Waals surface area contributed by atoms with E-state index in [2.05, 4.69) is 5.10 Å². The normalized spacial score (nSPS) is 11.1. The molecule has 0 saturated carbocycles. The van der Waals surface area contributed by atoms with Gasteiger partial charge >= 0.3 is 0 Å². The van der Waals surface area contributed by atoms with Crippen LogP contribution in [-0.4, -0.2) is 16.1 Å². The molecule has 1 rings (SSSR count). The molecule has 1 aromatic heterocycles. The Morgan fingerprint density at radius 1 is 1.43 bits per heavy atom. The van der Waals surface area contributed by atoms with Gasteiger partial charge in [-0.25, -0.2) is 9.07 Å². The van der Waals surface area contributed by atoms with E-state index in [1.165, 1.54) is 6.08 Å². The zero-order chi connectivity index (χ0) is 10.6. The summed E-state index contributed by atoms with van der Waals surface area (Å²) in [6.45, 7) is -1.22. The van der Waals surface area contributed by atoms with Crippen LogP contribution in [-0.2, 0) is 18.0 Å². The molecule has 76 valence electrons. The Balaban J connectivity index is 2.90. The van der Waals surface area contributed by atoms with Gasteiger partial charge in [-0.05, 0) is 12.5 Å². The monoisotopic (exact) mass is 204 g/mol. The van der Waals surface area contributed by atoms with Crippen molar-refractivity contribution in [3.8, 4) is 0 Å². The maximum atomic E-state index is 13.0. The summed E-state index contributed by atoms with van der Waals surface area (Å²) in [7, 11) is 0. The van der Waals surface area contributed by atoms with Crippen molar-refractivity contribution in [2.45, 2.75) is 13.2 Å². The molecule has 0 radical (unpaired) electrons. The van der Waals surface area contributed by atoms with Crippen LogP contribution in [0.4, 0.5) is 13.2 Å². The lowest BCUT2D eigenvalue weighted by Crippen LogP contribution is -1.99. The van der Waals surface area contributed by atoms with E-state index in [4.69, 9.17) is 0 Å². The fraction of sp³-hybridized carbons (Fsp3) is 0.250. The maximum absolute atomic E-state index is 13.0. The lowest BCUT2D eigenvalue weighted by atomic mass is 10.2. The molecule has 6 heteroatoms. The van der Waals surface area contributed by atoms with Crippen LogP contribution in [0.1, 0.15) is 5.56 Å². The van der Waals surface area contributed by atoms with Crippen molar-refractivity contribution in [3.63, 3.8) is 0 Å². The molecule has 0 spiro atoms. The molecule has 0 aliphatic heterocycles. The standard InChI is InChI=1S/C8H7F3N2O/c9-5-13-8(11)6(7(10)12-13)3-1-2-4-14/h1-2,4H,3,5H2/b2-1+. The predicted octanol–water partition coefficient (Wildman–Crippen LogP) is 1.39. The topological polar surface area (TPSA) is 34.9 Å². The number of halogens is 3. The van der Waals surface area contributed by atoms with Crippen LogP contribution < -0.4 is 0 Å². The molecule has 0 aromatic carbocycles. The van der Waals surface area contributed by atoms with Gasteiger partial charge in [0.1, 0.15) is 6.29 Å². The van der Waals surface area contributed by atoms with Gasteiger partial charge < -0.3 is 0 Å². The summed E-state index contributed by atoms with van der Waals surface area (Å²) in [6, 6.07) is 0. The average Bonchev–Trinajstić information content (AvgIpc) is 2.45. The summed E-state index contributed by atoms with van der Waals surface area (Å²) in [5.41, 5.74) is -0.347. The molecule has 1 aromatic rings. The van der Waals surface area contributed by atoms with Crippen LogP contribution in [0.3, 0.4) is 0 Å². The van der Waals surface area contributed by atoms with Gasteiger partial charge in [0.25, 0.3) is 0 Å². The Kier molecular flexibility index (Phi) is 3.44. The second-order valence-corrected chi connectivity index (χ2v) is 2.45. The van der Waals surface area contributed by atoms with Crippen LogP contribution in [0, 0.1) is 11.9 Å². The van der Waals surface area contributed by atoms with Crippen LogP contribution in [0.5, 0.6) is 0 Å². The molecule has 0 unspecified atom stereocenters. The SMILES string of the molecule is O=C/C=C/Cc1c(F)nn(CF)c1F. The molecule has 0 saturated heterocycles. The third-order valence-electron chi connectivity index (χ3n) is 1.58. The van der Waals surface area contributed by atoms with E-state index in [9.17, 15) is 18.0 Å². The lowest BCUT2D eigenvalue weighted by Gasteiger charge is -1.92. The largest absolute Gasteiger partial charge is 0.299 e. The number of hydrogen-bond donors (Lipinski definition) is 0. The van der Waals surface area contributed by atoms with Gasteiger partial charge in [0, 0.05) is 0 Å². The Bertz CT molecular complexity index is 360. The van der Waals surface area contributed by atoms with E-state index in [1.54, 1.807) is 0 Å². The van der Waals surface area contributed by atoms with Crippen molar-refractivity contribution in [1.82, 2.24) is 9.78 Å². The lowest BCUT2D eigenvalue weighted by molar-refractivity contribution is -0.104. The van der Waals surface area contributed by atoms with Crippen molar-refractivity contribution >= 4 is 6.29 Å². The average molecular weight is 204 g/mol. The van der Waals surface area contributed by atoms with Gasteiger partial charge in [0.15, 0.2) is 6.80 Å². The number of rotatable bonds is 4. The highest BCUT2D eigenvalue weighted by atomic mass is 19.1. The fourth-order valence-electron chi connectivity index (χ4n) is 0.940. The zero-order valence-electron chi connectivity index (χ0n) is 7.08. The Morgan fingerprint density at radius 2 is 2.14 bits per heavy atom. The van der Waals surface area contributed by atoms with E-state index < -0.39 is 18.7 Å². The molecule has 0 bridgehead atoms. The van der Waals surface area contributed by atoms with E-state index in [0.29, 0.717) is 6.29 Å². The molecule has 0 aliphatic rings. The molecule has 0 fully saturated rings. The van der Waals surface area contributed by atoms with Crippen molar-refractivity contribution in [1.29, 1.82) is 0 Å². The van der Waals surface area contributed by atoms with Gasteiger partial charge in [0.05, 0.1) is 5.56 Å². The smallest absolute Gasteiger partial charge is 0.239 e. The Labute approximate surface area is 77.8 Å². The summed E-state index contributed by atoms with van der Waals surface area (Å²) in [6.07, 6.45) is 2.72. The minimum atomic E-state index is -1.22. The minimum Gasteiger partial charge on any atom is -0.299 e. The van der Waals surface area contributed by atoms with Crippen LogP contribution in [0.15, 0.2) is 12.2 Å². The second-order valence-electron chi connectivity index (χ2n) is 2.45. The van der Waals surface area contributed by atoms with Crippen molar-refractivity contribution in [2.75, 3.05) is 0 Å². The summed E-state index contributed by atoms with van der Waals surface area (Å²) in [5, 5.41) is 2.99. The molecular weight excluding hydrogens is 197 g/mol. The summed E-state index contributed by atoms with van der Waals surface area (Å²) in [4.78, 5) is 9.87. The maximum Gasteiger partial charge on any atom is 0.239 e. The number of carbonyl (C=O) groups excluding carboxylic acids is 1. The highest BCUT2D eigenvalue weighted by Gasteiger charge is 2.16. The van der Waals surface area contributed by atoms with Gasteiger partial charge in [-0.3, -0.25) is 4.79 Å². The molecular formula is C8H7F3N2O. The van der Waals surface area contributed by atoms with Crippen molar-refractivity contribution in [2.24, 2.45) is 0 Å². The van der Waals surface area contributed by atoms with Crippen molar-refractivity contribution in [3.05, 3.63) is 29.6 Å². The second kappa shape index (κ2) is 4.59. The highest BCUT2D eigenvalue weighted by Crippen LogP contribution is 2.12. The van der Waals surface area contributed by atoms with Gasteiger partial charge in [-0.2, -0.15) is 8.78 Å². The number of allylic oxidation sites excluding steroid dienone is 2. The number of carbonyl (C=O) groups is 1. The quantitative estimate of drug-likeness (QED) is 0.548. The highest BCUT2D eigenvalue weighted by molar-refractivity contribution is 5.64. The summed E-state index contributed by atoms with van der Waals surface area (Å²) in [5.74, 6) is -2.11. The summed E-state index contributed by atoms with van der Waals surface area (Å²) < 4.78 is 38.1. The van der Waals surface area contributed by atoms with Crippen LogP contribution >= 0.6 is 0 Å². The number of alkyl halides is 1. The van der Waals surface area contributed by atoms with Gasteiger partial charge in [0.2, 0.25) is 11.9 Å². The van der Waals surface area contributed by atoms with Gasteiger partial charge in [-0.15, -0.1) is 5.10 Å². The Hall–Kier alpha value is -1.59. The molecule has 0 atom stereocenters. The molecule has 14 heavy (non-hydrogen) atoms. The summed E-state index contributed by atoms with van der Waals surface area (Å²) >= 11 is 0. The number of aromatic nitrogens is 2. The molecule has 1 heterocycles. The van der Waals surface area contributed by atoms with E-state index in [1.807, 2.05) is 0 Å². The minimum absolute atomic E-state index is 0.129. The molecule has 0 aliphatic carbocycles. The first-order chi connectivity index (χ1) is 6.70. The molecule has 0 amide bonds. The van der Waals surface area contributed by atoms with Crippen LogP contribution in [0.2, 0.25) is 0 Å². The fourth-order valence-corrected chi connectivity index (χ4v) is 0.940. The van der Waals surface area contributed by atoms with Crippen LogP contribution in [0.25, 0.3) is 0 Å². The molecule has 0 N–H and O–H groups in total. The van der Waals surface area contributed by atoms with E-state index >= 15 is 0 Å². The van der Waals surface area contributed by atoms with Gasteiger partial charge in [-0.1, -0.05) is 6.08 Å². The van der Waals surface area contributed by atoms with E-state index in [-0.39, 0.29) is 16.7 Å². The number of nitrogens with zero attached hydrogens (tertiary/aromatic N) is 2. The van der Waals surface area contributed by atoms with Crippen molar-refractivity contribution < 1.29 is 18.0 Å². The third kappa shape index (κ3) is 2.01. The number of aldehydes is 1. The zero-order valence-corrected chi connectivity index (χ0v) is 7.08.